The van der Waals surface area contributed by atoms with Gasteiger partial charge in [0.15, 0.2) is 0 Å². The van der Waals surface area contributed by atoms with Gasteiger partial charge in [-0.05, 0) is 61.8 Å². The van der Waals surface area contributed by atoms with E-state index in [1.54, 1.807) is 0 Å². The summed E-state index contributed by atoms with van der Waals surface area (Å²) in [5, 5.41) is 0. The molecule has 0 aliphatic rings. The predicted octanol–water partition coefficient (Wildman–Crippen LogP) is 25.7. The van der Waals surface area contributed by atoms with E-state index in [9.17, 15) is 0 Å². The maximum atomic E-state index is 2.20. The van der Waals surface area contributed by atoms with Crippen LogP contribution in [-0.4, -0.2) is 0 Å². The summed E-state index contributed by atoms with van der Waals surface area (Å²) in [5.74, 6) is 0. The molecular formula is C76H122. The molecule has 0 bridgehead atoms. The number of benzene rings is 9. The van der Waals surface area contributed by atoms with Gasteiger partial charge in [-0.1, -0.05) is 413 Å². The second kappa shape index (κ2) is 68.0. The molecule has 0 nitrogen and oxygen atoms in total. The Morgan fingerprint density at radius 2 is 0.355 bits per heavy atom. The third-order valence-electron chi connectivity index (χ3n) is 9.28. The molecule has 426 valence electrons. The molecule has 9 aromatic carbocycles. The number of rotatable bonds is 7. The molecule has 0 fully saturated rings. The molecule has 0 unspecified atom stereocenters. The fourth-order valence-corrected chi connectivity index (χ4v) is 5.74. The molecule has 9 rings (SSSR count). The molecule has 76 heavy (non-hydrogen) atoms. The van der Waals surface area contributed by atoms with Gasteiger partial charge in [0.2, 0.25) is 0 Å². The number of hydrogen-bond donors (Lipinski definition) is 0. The van der Waals surface area contributed by atoms with Crippen LogP contribution in [0, 0.1) is 13.8 Å². The Hall–Kier alpha value is -7.02. The van der Waals surface area contributed by atoms with Crippen LogP contribution in [-0.2, 0) is 25.7 Å². The zero-order chi connectivity index (χ0) is 53.1. The van der Waals surface area contributed by atoms with Crippen LogP contribution in [0.15, 0.2) is 291 Å². The lowest BCUT2D eigenvalue weighted by atomic mass is 10.1. The predicted molar refractivity (Wildman–Crippen MR) is 366 cm³/mol. The van der Waals surface area contributed by atoms with Crippen LogP contribution in [0.5, 0.6) is 0 Å². The highest BCUT2D eigenvalue weighted by atomic mass is 13.9. The Labute approximate surface area is 481 Å². The molecular weight excluding hydrogens is 913 g/mol. The molecule has 0 aliphatic heterocycles. The summed E-state index contributed by atoms with van der Waals surface area (Å²) in [6, 6.07) is 98.7. The zero-order valence-electron chi connectivity index (χ0n) is 46.4. The van der Waals surface area contributed by atoms with Crippen molar-refractivity contribution >= 4 is 0 Å². The van der Waals surface area contributed by atoms with Crippen molar-refractivity contribution in [3.63, 3.8) is 0 Å². The highest BCUT2D eigenvalue weighted by Gasteiger charge is 1.86. The SMILES string of the molecule is C.C.C.C.CC.CCC.CCCc1ccccc1.CCCc1ccccc1.CCCc1ccccc1.CCc1ccccc1.Cc1ccccc1.Cc1ccccc1.[HH].[HH].[HH].[HH].[HH].[HH].c1ccccc1.c1ccccc1.c1ccccc1. The molecule has 0 heteroatoms. The summed E-state index contributed by atoms with van der Waals surface area (Å²) in [6.07, 6.45) is 9.74. The van der Waals surface area contributed by atoms with Crippen molar-refractivity contribution in [2.24, 2.45) is 0 Å². The normalized spacial score (nSPS) is 8.13. The number of hydrogen-bond acceptors (Lipinski definition) is 0. The second-order valence-electron chi connectivity index (χ2n) is 16.0. The van der Waals surface area contributed by atoms with Gasteiger partial charge in [-0.3, -0.25) is 0 Å². The number of aryl methyl sites for hydroxylation is 6. The van der Waals surface area contributed by atoms with E-state index >= 15 is 0 Å². The zero-order valence-corrected chi connectivity index (χ0v) is 46.4. The Kier molecular flexibility index (Phi) is 71.9. The van der Waals surface area contributed by atoms with E-state index in [4.69, 9.17) is 0 Å². The molecule has 0 aromatic heterocycles. The van der Waals surface area contributed by atoms with Gasteiger partial charge < -0.3 is 0 Å². The summed E-state index contributed by atoms with van der Waals surface area (Å²) in [5.41, 5.74) is 8.39. The largest absolute Gasteiger partial charge is 0.0776 e. The highest BCUT2D eigenvalue weighted by Crippen LogP contribution is 2.03. The molecule has 0 radical (unpaired) electrons. The lowest BCUT2D eigenvalue weighted by molar-refractivity contribution is 0.922. The van der Waals surface area contributed by atoms with Gasteiger partial charge >= 0.3 is 0 Å². The van der Waals surface area contributed by atoms with Gasteiger partial charge in [-0.25, -0.2) is 0 Å². The van der Waals surface area contributed by atoms with Crippen LogP contribution in [0.25, 0.3) is 0 Å². The maximum absolute atomic E-state index is 2.20. The fourth-order valence-electron chi connectivity index (χ4n) is 5.74. The average molecular weight is 1040 g/mol. The van der Waals surface area contributed by atoms with Crippen LogP contribution in [0.4, 0.5) is 0 Å². The van der Waals surface area contributed by atoms with Crippen molar-refractivity contribution in [1.82, 2.24) is 0 Å². The first-order valence-corrected chi connectivity index (χ1v) is 26.6. The average Bonchev–Trinajstić information content (AvgIpc) is 3.46. The van der Waals surface area contributed by atoms with E-state index in [-0.39, 0.29) is 38.3 Å². The van der Waals surface area contributed by atoms with E-state index in [2.05, 4.69) is 195 Å². The Balaban J connectivity index is -0.0000000658. The molecule has 0 heterocycles. The van der Waals surface area contributed by atoms with Crippen molar-refractivity contribution in [1.29, 1.82) is 0 Å². The second-order valence-corrected chi connectivity index (χ2v) is 16.0. The minimum Gasteiger partial charge on any atom is -0.0776 e. The van der Waals surface area contributed by atoms with Crippen molar-refractivity contribution in [2.75, 3.05) is 0 Å². The smallest absolute Gasteiger partial charge is 0 e. The van der Waals surface area contributed by atoms with Crippen molar-refractivity contribution < 1.29 is 8.56 Å². The molecule has 0 saturated carbocycles. The van der Waals surface area contributed by atoms with Gasteiger partial charge in [-0.2, -0.15) is 0 Å². The monoisotopic (exact) mass is 1030 g/mol. The van der Waals surface area contributed by atoms with Gasteiger partial charge in [0.25, 0.3) is 0 Å². The first-order valence-electron chi connectivity index (χ1n) is 26.6. The van der Waals surface area contributed by atoms with Crippen LogP contribution in [0.2, 0.25) is 0 Å². The summed E-state index contributed by atoms with van der Waals surface area (Å²) < 4.78 is 0. The van der Waals surface area contributed by atoms with Crippen molar-refractivity contribution in [3.8, 4) is 0 Å². The van der Waals surface area contributed by atoms with E-state index < -0.39 is 0 Å². The van der Waals surface area contributed by atoms with E-state index in [1.165, 1.54) is 78.3 Å². The van der Waals surface area contributed by atoms with Crippen molar-refractivity contribution in [3.05, 3.63) is 325 Å². The standard InChI is InChI=1S/3C9H12.C8H10.2C7H8.3C6H6.C3H8.C2H6.4CH4.6H2/c3*1-2-6-9-7-4-3-5-8-9;1-2-8-6-4-3-5-7-8;2*1-7-5-3-2-4-6-7;3*1-2-4-6-5-3-1;1-3-2;1-2;;;;;;;;;;/h3*3-5,7-8H,2,6H2,1H3;3-7H,2H2,1H3;2*2-6H,1H3;3*1-6H;3H2,1-2H3;1-2H3;4*1H4;6*1H. The minimum atomic E-state index is 0. The van der Waals surface area contributed by atoms with Crippen LogP contribution in [0.3, 0.4) is 0 Å². The Morgan fingerprint density at radius 1 is 0.224 bits per heavy atom. The maximum Gasteiger partial charge on any atom is 0 e. The van der Waals surface area contributed by atoms with Gasteiger partial charge in [-0.15, -0.1) is 0 Å². The summed E-state index contributed by atoms with van der Waals surface area (Å²) in [4.78, 5) is 0. The molecule has 0 saturated heterocycles. The van der Waals surface area contributed by atoms with E-state index in [0.29, 0.717) is 0 Å². The van der Waals surface area contributed by atoms with Crippen LogP contribution < -0.4 is 0 Å². The summed E-state index contributed by atoms with van der Waals surface area (Å²) in [6.45, 7) is 21.2. The molecule has 9 aromatic rings. The van der Waals surface area contributed by atoms with E-state index in [1.807, 2.05) is 166 Å². The fraction of sp³-hybridized carbons (Fsp3) is 0.289. The quantitative estimate of drug-likeness (QED) is 0.149. The van der Waals surface area contributed by atoms with Crippen molar-refractivity contribution in [2.45, 2.75) is 150 Å². The van der Waals surface area contributed by atoms with Crippen LogP contribution >= 0.6 is 0 Å². The molecule has 0 atom stereocenters. The first kappa shape index (κ1) is 80.4. The Morgan fingerprint density at radius 3 is 0.461 bits per heavy atom. The molecule has 0 spiro atoms. The van der Waals surface area contributed by atoms with Crippen LogP contribution in [0.1, 0.15) is 153 Å². The lowest BCUT2D eigenvalue weighted by Gasteiger charge is -1.93. The summed E-state index contributed by atoms with van der Waals surface area (Å²) >= 11 is 0. The van der Waals surface area contributed by atoms with Gasteiger partial charge in [0, 0.05) is 8.56 Å². The molecule has 0 N–H and O–H groups in total. The molecule has 0 aliphatic carbocycles. The first-order chi connectivity index (χ1) is 35.4. The molecule has 0 amide bonds. The third-order valence-corrected chi connectivity index (χ3v) is 9.28. The van der Waals surface area contributed by atoms with E-state index in [0.717, 1.165) is 6.42 Å². The van der Waals surface area contributed by atoms with Gasteiger partial charge in [0.05, 0.1) is 0 Å². The third kappa shape index (κ3) is 59.5. The minimum absolute atomic E-state index is 0. The van der Waals surface area contributed by atoms with Gasteiger partial charge in [0.1, 0.15) is 0 Å². The lowest BCUT2D eigenvalue weighted by Crippen LogP contribution is -1.78. The Bertz CT molecular complexity index is 1970. The topological polar surface area (TPSA) is 0 Å². The highest BCUT2D eigenvalue weighted by molar-refractivity contribution is 5.17. The summed E-state index contributed by atoms with van der Waals surface area (Å²) in [7, 11) is 0.